The number of benzene rings is 18. The van der Waals surface area contributed by atoms with Crippen molar-refractivity contribution >= 4 is 299 Å². The van der Waals surface area contributed by atoms with Crippen LogP contribution in [0.3, 0.4) is 0 Å². The molecule has 0 spiro atoms. The molecule has 278 valence electrons. The highest BCUT2D eigenvalue weighted by atomic mass is 28.4. The Morgan fingerprint density at radius 1 is 0.258 bits per heavy atom. The molecule has 0 fully saturated rings. The van der Waals surface area contributed by atoms with Crippen LogP contribution in [0.15, 0.2) is 0 Å². The second-order valence-corrected chi connectivity index (χ2v) is 29.7. The maximum atomic E-state index is 6.98. The zero-order valence-electron chi connectivity index (χ0n) is 34.7. The Morgan fingerprint density at radius 2 is 0.409 bits per heavy atom. The molecule has 0 saturated carbocycles. The minimum absolute atomic E-state index is 0.170. The van der Waals surface area contributed by atoms with Crippen molar-refractivity contribution in [2.24, 2.45) is 0 Å². The van der Waals surface area contributed by atoms with E-state index in [-0.39, 0.29) is 5.41 Å². The fourth-order valence-corrected chi connectivity index (χ4v) is 26.4. The average molecular weight is 825 g/mol. The third-order valence-corrected chi connectivity index (χ3v) is 27.1. The smallest absolute Gasteiger partial charge is 0.187 e. The van der Waals surface area contributed by atoms with Crippen LogP contribution in [0.5, 0.6) is 0 Å². The van der Waals surface area contributed by atoms with Crippen molar-refractivity contribution in [1.82, 2.24) is 0 Å². The highest BCUT2D eigenvalue weighted by Gasteiger charge is 2.64. The van der Waals surface area contributed by atoms with Crippen molar-refractivity contribution in [3.8, 4) is 0 Å². The van der Waals surface area contributed by atoms with Crippen molar-refractivity contribution in [3.63, 3.8) is 0 Å². The van der Waals surface area contributed by atoms with Gasteiger partial charge in [0.25, 0.3) is 0 Å². The SMILES string of the molecule is CO[Si](C)(C)CC12c3c4c5c6c7c8c(c9c%10c1c1c3c3c%11c4c4c5c5c7c7c%12c8c8c9c9c%10c%10c1c1c3c3c%11c%11c4c4c5c7c5c7c%12c8c8c9c9c%10c1c1c3c3c%11c4c5c4c7c8c9c1c34)C62. The van der Waals surface area contributed by atoms with Gasteiger partial charge in [-0.2, -0.15) is 0 Å². The number of rotatable bonds is 3. The molecule has 0 amide bonds. The van der Waals surface area contributed by atoms with Gasteiger partial charge in [0.2, 0.25) is 0 Å². The molecule has 0 aromatic heterocycles. The largest absolute Gasteiger partial charge is 0.420 e. The maximum absolute atomic E-state index is 6.98. The molecule has 0 unspecified atom stereocenters. The highest BCUT2D eigenvalue weighted by Crippen LogP contribution is 2.84. The van der Waals surface area contributed by atoms with Gasteiger partial charge in [-0.05, 0) is 332 Å². The Balaban J connectivity index is 1.25. The van der Waals surface area contributed by atoms with E-state index in [0.29, 0.717) is 5.92 Å². The monoisotopic (exact) mass is 824 g/mol. The van der Waals surface area contributed by atoms with E-state index in [0.717, 1.165) is 6.04 Å². The van der Waals surface area contributed by atoms with Crippen LogP contribution in [-0.4, -0.2) is 15.4 Å². The summed E-state index contributed by atoms with van der Waals surface area (Å²) in [6.07, 6.45) is 0. The first kappa shape index (κ1) is 24.8. The first-order valence-corrected chi connectivity index (χ1v) is 28.1. The van der Waals surface area contributed by atoms with E-state index in [1.807, 2.05) is 0 Å². The van der Waals surface area contributed by atoms with Gasteiger partial charge in [-0.3, -0.25) is 0 Å². The third kappa shape index (κ3) is 1.30. The molecule has 32 rings (SSSR count). The lowest BCUT2D eigenvalue weighted by atomic mass is 9.58. The molecule has 0 atom stereocenters. The summed E-state index contributed by atoms with van der Waals surface area (Å²) >= 11 is 0. The molecule has 0 saturated heterocycles. The van der Waals surface area contributed by atoms with E-state index < -0.39 is 8.32 Å². The molecule has 66 heavy (non-hydrogen) atoms. The second-order valence-electron chi connectivity index (χ2n) is 25.4. The van der Waals surface area contributed by atoms with Gasteiger partial charge in [-0.15, -0.1) is 0 Å². The first-order valence-electron chi connectivity index (χ1n) is 24.9. The van der Waals surface area contributed by atoms with Crippen molar-refractivity contribution in [3.05, 3.63) is 22.3 Å². The fraction of sp³-hybridized carbons (Fsp3) is 0.0938. The van der Waals surface area contributed by atoms with Crippen LogP contribution in [0.1, 0.15) is 28.2 Å². The molecular weight excluding hydrogens is 813 g/mol. The molecule has 0 bridgehead atoms. The number of hydrogen-bond donors (Lipinski definition) is 0. The van der Waals surface area contributed by atoms with Gasteiger partial charge in [0.1, 0.15) is 0 Å². The lowest BCUT2D eigenvalue weighted by molar-refractivity contribution is 0.383. The average Bonchev–Trinajstić information content (AvgIpc) is 4.16. The zero-order valence-corrected chi connectivity index (χ0v) is 35.7. The molecule has 28 aromatic carbocycles. The van der Waals surface area contributed by atoms with E-state index >= 15 is 0 Å². The zero-order chi connectivity index (χ0) is 39.5. The van der Waals surface area contributed by atoms with Gasteiger partial charge >= 0.3 is 0 Å². The van der Waals surface area contributed by atoms with Crippen LogP contribution in [0, 0.1) is 0 Å². The Kier molecular flexibility index (Phi) is 2.06. The number of hydrogen-bond acceptors (Lipinski definition) is 1. The second kappa shape index (κ2) is 5.48. The Labute approximate surface area is 361 Å². The van der Waals surface area contributed by atoms with Crippen LogP contribution in [-0.2, 0) is 9.84 Å². The Hall–Kier alpha value is -7.36. The van der Waals surface area contributed by atoms with Crippen LogP contribution >= 0.6 is 0 Å². The van der Waals surface area contributed by atoms with E-state index in [2.05, 4.69) is 20.2 Å². The van der Waals surface area contributed by atoms with Crippen LogP contribution in [0.25, 0.3) is 291 Å². The summed E-state index contributed by atoms with van der Waals surface area (Å²) in [5.41, 5.74) is 6.92. The van der Waals surface area contributed by atoms with Crippen LogP contribution in [0.2, 0.25) is 19.1 Å². The molecule has 0 radical (unpaired) electrons. The molecular formula is C64H12OSi. The molecule has 0 N–H and O–H groups in total. The molecule has 2 heteroatoms. The molecule has 0 heterocycles. The van der Waals surface area contributed by atoms with Gasteiger partial charge in [0, 0.05) is 18.4 Å². The van der Waals surface area contributed by atoms with E-state index in [9.17, 15) is 0 Å². The van der Waals surface area contributed by atoms with E-state index in [1.165, 1.54) is 0 Å². The van der Waals surface area contributed by atoms with Crippen molar-refractivity contribution < 1.29 is 4.43 Å². The van der Waals surface area contributed by atoms with Gasteiger partial charge in [-0.25, -0.2) is 0 Å². The summed E-state index contributed by atoms with van der Waals surface area (Å²) in [4.78, 5) is 0. The molecule has 4 aliphatic carbocycles. The topological polar surface area (TPSA) is 9.23 Å². The molecule has 0 aliphatic heterocycles. The Bertz CT molecular complexity index is 6780. The fourth-order valence-electron chi connectivity index (χ4n) is 24.4. The quantitative estimate of drug-likeness (QED) is 0.127. The van der Waals surface area contributed by atoms with Crippen LogP contribution in [0.4, 0.5) is 0 Å². The predicted molar refractivity (Wildman–Crippen MR) is 284 cm³/mol. The molecule has 1 nitrogen and oxygen atoms in total. The van der Waals surface area contributed by atoms with Gasteiger partial charge in [0.15, 0.2) is 8.32 Å². The van der Waals surface area contributed by atoms with E-state index in [1.54, 1.807) is 313 Å². The summed E-state index contributed by atoms with van der Waals surface area (Å²) in [5.74, 6) is 0.310. The first-order chi connectivity index (χ1) is 32.6. The van der Waals surface area contributed by atoms with Crippen molar-refractivity contribution in [2.75, 3.05) is 7.11 Å². The normalized spacial score (nSPS) is 21.6. The molecule has 4 aliphatic rings. The third-order valence-electron chi connectivity index (χ3n) is 24.5. The minimum atomic E-state index is -2.26. The molecule has 28 aromatic rings. The standard InChI is InChI=1S/C64H12OSi/c1-65-66(2,3)4-64-61-57-51-37-29-21-9-6-5-7-10(9)22-24-20-14(7)16-12-8(5)11-15-13(6)19-23(21)35(37)43-41-27(19)25(15)33-31-17(11)18(12)32-34-26(16)28(20)42-44-36(24)38(30(22)29)52(51)58(61)54(44)56-48(42)46(34)50-40(32)39(31)49-45(33)47(41)55(53(43)57)62(64)59(49)60(50)63(56)64/h61H,4H2,1-3H3. The lowest BCUT2D eigenvalue weighted by Gasteiger charge is -2.48. The Morgan fingerprint density at radius 3 is 0.606 bits per heavy atom. The van der Waals surface area contributed by atoms with Crippen molar-refractivity contribution in [1.29, 1.82) is 0 Å². The summed E-state index contributed by atoms with van der Waals surface area (Å²) < 4.78 is 6.98. The van der Waals surface area contributed by atoms with Crippen LogP contribution < -0.4 is 0 Å². The van der Waals surface area contributed by atoms with Gasteiger partial charge in [0.05, 0.1) is 0 Å². The van der Waals surface area contributed by atoms with E-state index in [4.69, 9.17) is 4.43 Å². The highest BCUT2D eigenvalue weighted by molar-refractivity contribution is 6.82. The summed E-state index contributed by atoms with van der Waals surface area (Å²) in [5, 5.41) is 90.6. The lowest BCUT2D eigenvalue weighted by Crippen LogP contribution is -2.45. The summed E-state index contributed by atoms with van der Waals surface area (Å²) in [6.45, 7) is 5.17. The summed E-state index contributed by atoms with van der Waals surface area (Å²) in [7, 11) is -0.179. The van der Waals surface area contributed by atoms with Gasteiger partial charge < -0.3 is 4.43 Å². The van der Waals surface area contributed by atoms with Crippen molar-refractivity contribution in [2.45, 2.75) is 30.5 Å². The predicted octanol–water partition coefficient (Wildman–Crippen LogP) is 18.0. The summed E-state index contributed by atoms with van der Waals surface area (Å²) in [6, 6.07) is 1.14. The minimum Gasteiger partial charge on any atom is -0.420 e. The van der Waals surface area contributed by atoms with Gasteiger partial charge in [-0.1, -0.05) is 0 Å². The maximum Gasteiger partial charge on any atom is 0.187 e.